The lowest BCUT2D eigenvalue weighted by Gasteiger charge is -2.08. The van der Waals surface area contributed by atoms with E-state index in [9.17, 15) is 4.79 Å². The van der Waals surface area contributed by atoms with Gasteiger partial charge in [0, 0.05) is 6.42 Å². The highest BCUT2D eigenvalue weighted by atomic mass is 16.5. The molecule has 24 heavy (non-hydrogen) atoms. The summed E-state index contributed by atoms with van der Waals surface area (Å²) in [5.41, 5.74) is 2.51. The van der Waals surface area contributed by atoms with Crippen LogP contribution in [0.25, 0.3) is 0 Å². The predicted octanol–water partition coefficient (Wildman–Crippen LogP) is 3.39. The van der Waals surface area contributed by atoms with Gasteiger partial charge in [-0.1, -0.05) is 31.2 Å². The van der Waals surface area contributed by atoms with Gasteiger partial charge in [0.15, 0.2) is 0 Å². The molecule has 2 aromatic rings. The molecule has 0 unspecified atom stereocenters. The summed E-state index contributed by atoms with van der Waals surface area (Å²) in [6.45, 7) is 3.08. The standard InChI is InChI=1S/C20H25NO3/c1-3-16-4-6-17(7-5-16)8-13-20(22)21-14-15-24-19-11-9-18(23-2)10-12-19/h4-7,9-12H,3,8,13-15H2,1-2H3,(H,21,22). The Kier molecular flexibility index (Phi) is 7.15. The molecule has 2 rings (SSSR count). The second-order valence-corrected chi connectivity index (χ2v) is 5.54. The van der Waals surface area contributed by atoms with E-state index < -0.39 is 0 Å². The first-order chi connectivity index (χ1) is 11.7. The number of benzene rings is 2. The maximum Gasteiger partial charge on any atom is 0.220 e. The van der Waals surface area contributed by atoms with Gasteiger partial charge in [0.25, 0.3) is 0 Å². The first kappa shape index (κ1) is 17.9. The lowest BCUT2D eigenvalue weighted by atomic mass is 10.1. The number of hydrogen-bond acceptors (Lipinski definition) is 3. The van der Waals surface area contributed by atoms with Crippen molar-refractivity contribution >= 4 is 5.91 Å². The molecule has 0 radical (unpaired) electrons. The molecule has 0 aromatic heterocycles. The minimum absolute atomic E-state index is 0.0490. The van der Waals surface area contributed by atoms with Gasteiger partial charge in [-0.15, -0.1) is 0 Å². The van der Waals surface area contributed by atoms with Gasteiger partial charge in [-0.25, -0.2) is 0 Å². The van der Waals surface area contributed by atoms with E-state index in [1.807, 2.05) is 24.3 Å². The molecular formula is C20H25NO3. The van der Waals surface area contributed by atoms with Gasteiger partial charge in [-0.05, 0) is 48.2 Å². The van der Waals surface area contributed by atoms with Crippen molar-refractivity contribution in [3.8, 4) is 11.5 Å². The molecule has 0 aliphatic carbocycles. The monoisotopic (exact) mass is 327 g/mol. The minimum atomic E-state index is 0.0490. The average molecular weight is 327 g/mol. The van der Waals surface area contributed by atoms with Crippen molar-refractivity contribution in [3.05, 3.63) is 59.7 Å². The normalized spacial score (nSPS) is 10.2. The van der Waals surface area contributed by atoms with Gasteiger partial charge in [-0.2, -0.15) is 0 Å². The van der Waals surface area contributed by atoms with Crippen LogP contribution in [0.5, 0.6) is 11.5 Å². The number of carbonyl (C=O) groups is 1. The zero-order chi connectivity index (χ0) is 17.2. The van der Waals surface area contributed by atoms with Crippen molar-refractivity contribution < 1.29 is 14.3 Å². The highest BCUT2D eigenvalue weighted by molar-refractivity contribution is 5.76. The fraction of sp³-hybridized carbons (Fsp3) is 0.350. The van der Waals surface area contributed by atoms with Gasteiger partial charge in [0.2, 0.25) is 5.91 Å². The summed E-state index contributed by atoms with van der Waals surface area (Å²) >= 11 is 0. The molecule has 0 saturated heterocycles. The van der Waals surface area contributed by atoms with Gasteiger partial charge in [0.1, 0.15) is 18.1 Å². The number of ether oxygens (including phenoxy) is 2. The van der Waals surface area contributed by atoms with E-state index in [2.05, 4.69) is 36.5 Å². The Morgan fingerprint density at radius 1 is 0.958 bits per heavy atom. The molecule has 0 bridgehead atoms. The molecule has 0 heterocycles. The molecule has 0 aliphatic heterocycles. The van der Waals surface area contributed by atoms with E-state index in [0.29, 0.717) is 19.6 Å². The fourth-order valence-electron chi connectivity index (χ4n) is 2.32. The average Bonchev–Trinajstić information content (AvgIpc) is 2.64. The van der Waals surface area contributed by atoms with E-state index in [4.69, 9.17) is 9.47 Å². The molecular weight excluding hydrogens is 302 g/mol. The summed E-state index contributed by atoms with van der Waals surface area (Å²) in [6.07, 6.45) is 2.29. The third-order valence-corrected chi connectivity index (χ3v) is 3.82. The van der Waals surface area contributed by atoms with Gasteiger partial charge in [0.05, 0.1) is 13.7 Å². The van der Waals surface area contributed by atoms with Crippen LogP contribution in [0.1, 0.15) is 24.5 Å². The number of aryl methyl sites for hydroxylation is 2. The number of hydrogen-bond donors (Lipinski definition) is 1. The largest absolute Gasteiger partial charge is 0.497 e. The van der Waals surface area contributed by atoms with Gasteiger partial charge in [-0.3, -0.25) is 4.79 Å². The predicted molar refractivity (Wildman–Crippen MR) is 95.6 cm³/mol. The highest BCUT2D eigenvalue weighted by Gasteiger charge is 2.02. The smallest absolute Gasteiger partial charge is 0.220 e. The second kappa shape index (κ2) is 9.60. The summed E-state index contributed by atoms with van der Waals surface area (Å²) in [7, 11) is 1.63. The van der Waals surface area contributed by atoms with Crippen LogP contribution in [0.3, 0.4) is 0 Å². The Morgan fingerprint density at radius 3 is 2.21 bits per heavy atom. The summed E-state index contributed by atoms with van der Waals surface area (Å²) in [6, 6.07) is 15.8. The molecule has 1 N–H and O–H groups in total. The zero-order valence-corrected chi connectivity index (χ0v) is 14.4. The van der Waals surface area contributed by atoms with Crippen LogP contribution in [-0.4, -0.2) is 26.2 Å². The van der Waals surface area contributed by atoms with E-state index in [0.717, 1.165) is 24.3 Å². The summed E-state index contributed by atoms with van der Waals surface area (Å²) in [4.78, 5) is 11.9. The van der Waals surface area contributed by atoms with Crippen molar-refractivity contribution in [2.75, 3.05) is 20.3 Å². The maximum atomic E-state index is 11.9. The van der Waals surface area contributed by atoms with E-state index >= 15 is 0 Å². The molecule has 0 aliphatic rings. The minimum Gasteiger partial charge on any atom is -0.497 e. The van der Waals surface area contributed by atoms with Gasteiger partial charge < -0.3 is 14.8 Å². The molecule has 1 amide bonds. The molecule has 0 saturated carbocycles. The number of methoxy groups -OCH3 is 1. The number of nitrogens with one attached hydrogen (secondary N) is 1. The Bertz CT molecular complexity index is 620. The molecule has 0 atom stereocenters. The van der Waals surface area contributed by atoms with E-state index in [1.54, 1.807) is 7.11 Å². The fourth-order valence-corrected chi connectivity index (χ4v) is 2.32. The van der Waals surface area contributed by atoms with Crippen LogP contribution in [0.4, 0.5) is 0 Å². The molecule has 0 spiro atoms. The lowest BCUT2D eigenvalue weighted by Crippen LogP contribution is -2.28. The Balaban J connectivity index is 1.62. The molecule has 4 heteroatoms. The van der Waals surface area contributed by atoms with Crippen molar-refractivity contribution in [1.82, 2.24) is 5.32 Å². The third-order valence-electron chi connectivity index (χ3n) is 3.82. The SMILES string of the molecule is CCc1ccc(CCC(=O)NCCOc2ccc(OC)cc2)cc1. The van der Waals surface area contributed by atoms with E-state index in [-0.39, 0.29) is 5.91 Å². The van der Waals surface area contributed by atoms with Crippen LogP contribution in [0.2, 0.25) is 0 Å². The molecule has 0 fully saturated rings. The molecule has 128 valence electrons. The maximum absolute atomic E-state index is 11.9. The molecule has 2 aromatic carbocycles. The number of rotatable bonds is 9. The highest BCUT2D eigenvalue weighted by Crippen LogP contribution is 2.16. The number of carbonyl (C=O) groups excluding carboxylic acids is 1. The quantitative estimate of drug-likeness (QED) is 0.718. The Labute approximate surface area is 143 Å². The van der Waals surface area contributed by atoms with Crippen LogP contribution >= 0.6 is 0 Å². The first-order valence-electron chi connectivity index (χ1n) is 8.32. The van der Waals surface area contributed by atoms with Crippen molar-refractivity contribution in [1.29, 1.82) is 0 Å². The van der Waals surface area contributed by atoms with Crippen LogP contribution < -0.4 is 14.8 Å². The van der Waals surface area contributed by atoms with Gasteiger partial charge >= 0.3 is 0 Å². The Hall–Kier alpha value is -2.49. The third kappa shape index (κ3) is 5.95. The zero-order valence-electron chi connectivity index (χ0n) is 14.4. The Morgan fingerprint density at radius 2 is 1.58 bits per heavy atom. The van der Waals surface area contributed by atoms with Crippen molar-refractivity contribution in [2.45, 2.75) is 26.2 Å². The summed E-state index contributed by atoms with van der Waals surface area (Å²) < 4.78 is 10.7. The summed E-state index contributed by atoms with van der Waals surface area (Å²) in [5.74, 6) is 1.61. The van der Waals surface area contributed by atoms with Crippen LogP contribution in [-0.2, 0) is 17.6 Å². The molecule has 4 nitrogen and oxygen atoms in total. The first-order valence-corrected chi connectivity index (χ1v) is 8.32. The van der Waals surface area contributed by atoms with E-state index in [1.165, 1.54) is 11.1 Å². The van der Waals surface area contributed by atoms with Crippen molar-refractivity contribution in [3.63, 3.8) is 0 Å². The van der Waals surface area contributed by atoms with Crippen molar-refractivity contribution in [2.24, 2.45) is 0 Å². The van der Waals surface area contributed by atoms with Crippen LogP contribution in [0.15, 0.2) is 48.5 Å². The summed E-state index contributed by atoms with van der Waals surface area (Å²) in [5, 5.41) is 2.88. The van der Waals surface area contributed by atoms with Crippen LogP contribution in [0, 0.1) is 0 Å². The lowest BCUT2D eigenvalue weighted by molar-refractivity contribution is -0.121. The number of amides is 1. The topological polar surface area (TPSA) is 47.6 Å². The second-order valence-electron chi connectivity index (χ2n) is 5.54.